The molecule has 2 rings (SSSR count). The van der Waals surface area contributed by atoms with E-state index in [1.807, 2.05) is 0 Å². The van der Waals surface area contributed by atoms with Gasteiger partial charge in [-0.2, -0.15) is 13.2 Å². The summed E-state index contributed by atoms with van der Waals surface area (Å²) < 4.78 is 52.2. The quantitative estimate of drug-likeness (QED) is 0.835. The van der Waals surface area contributed by atoms with Crippen molar-refractivity contribution in [2.75, 3.05) is 11.9 Å². The summed E-state index contributed by atoms with van der Waals surface area (Å²) in [5.41, 5.74) is 0.288. The highest BCUT2D eigenvalue weighted by Gasteiger charge is 2.31. The Morgan fingerprint density at radius 2 is 1.86 bits per heavy atom. The van der Waals surface area contributed by atoms with Crippen LogP contribution >= 0.6 is 0 Å². The molecule has 0 spiro atoms. The van der Waals surface area contributed by atoms with Crippen molar-refractivity contribution in [3.05, 3.63) is 47.3 Å². The summed E-state index contributed by atoms with van der Waals surface area (Å²) in [5, 5.41) is 2.76. The van der Waals surface area contributed by atoms with Crippen molar-refractivity contribution in [3.8, 4) is 11.3 Å². The number of nitrogens with one attached hydrogen (secondary N) is 1. The minimum absolute atomic E-state index is 0.0952. The van der Waals surface area contributed by atoms with Gasteiger partial charge in [0.25, 0.3) is 0 Å². The van der Waals surface area contributed by atoms with E-state index in [1.165, 1.54) is 18.2 Å². The van der Waals surface area contributed by atoms with Crippen LogP contribution in [0.3, 0.4) is 0 Å². The molecular formula is C15H14F4N2. The predicted octanol–water partition coefficient (Wildman–Crippen LogP) is 4.65. The van der Waals surface area contributed by atoms with E-state index in [9.17, 15) is 17.6 Å². The van der Waals surface area contributed by atoms with Crippen molar-refractivity contribution in [2.24, 2.45) is 0 Å². The number of rotatable bonds is 3. The molecule has 0 aliphatic rings. The maximum absolute atomic E-state index is 13.4. The van der Waals surface area contributed by atoms with Crippen LogP contribution in [0.15, 0.2) is 30.3 Å². The van der Waals surface area contributed by atoms with Gasteiger partial charge in [0, 0.05) is 12.1 Å². The molecule has 1 aromatic carbocycles. The molecule has 0 radical (unpaired) electrons. The highest BCUT2D eigenvalue weighted by Crippen LogP contribution is 2.34. The summed E-state index contributed by atoms with van der Waals surface area (Å²) in [5.74, 6) is -0.397. The van der Waals surface area contributed by atoms with Crippen molar-refractivity contribution >= 4 is 5.82 Å². The number of anilines is 1. The Labute approximate surface area is 119 Å². The van der Waals surface area contributed by atoms with Crippen LogP contribution in [0.1, 0.15) is 18.1 Å². The van der Waals surface area contributed by atoms with Crippen LogP contribution < -0.4 is 5.32 Å². The number of halogens is 4. The second kappa shape index (κ2) is 5.71. The van der Waals surface area contributed by atoms with Crippen LogP contribution in [0.4, 0.5) is 23.4 Å². The summed E-state index contributed by atoms with van der Waals surface area (Å²) in [4.78, 5) is 4.13. The van der Waals surface area contributed by atoms with Crippen molar-refractivity contribution < 1.29 is 17.6 Å². The largest absolute Gasteiger partial charge is 0.416 e. The lowest BCUT2D eigenvalue weighted by atomic mass is 10.0. The van der Waals surface area contributed by atoms with Gasteiger partial charge in [0.1, 0.15) is 11.6 Å². The number of hydrogen-bond donors (Lipinski definition) is 1. The molecular weight excluding hydrogens is 284 g/mol. The average Bonchev–Trinajstić information content (AvgIpc) is 2.40. The average molecular weight is 298 g/mol. The SMILES string of the molecule is CCNc1cc(C(F)(F)F)cc(-c2cc(F)ccc2C)n1. The molecule has 6 heteroatoms. The lowest BCUT2D eigenvalue weighted by Gasteiger charge is -2.13. The van der Waals surface area contributed by atoms with E-state index in [0.717, 1.165) is 12.1 Å². The minimum Gasteiger partial charge on any atom is -0.370 e. The van der Waals surface area contributed by atoms with Gasteiger partial charge in [-0.25, -0.2) is 9.37 Å². The first-order valence-corrected chi connectivity index (χ1v) is 6.41. The zero-order chi connectivity index (χ0) is 15.6. The third kappa shape index (κ3) is 3.51. The van der Waals surface area contributed by atoms with Gasteiger partial charge in [0.15, 0.2) is 0 Å². The Morgan fingerprint density at radius 3 is 2.48 bits per heavy atom. The monoisotopic (exact) mass is 298 g/mol. The van der Waals surface area contributed by atoms with Crippen molar-refractivity contribution in [3.63, 3.8) is 0 Å². The lowest BCUT2D eigenvalue weighted by Crippen LogP contribution is -2.09. The third-order valence-electron chi connectivity index (χ3n) is 2.99. The zero-order valence-corrected chi connectivity index (χ0v) is 11.6. The molecule has 1 N–H and O–H groups in total. The predicted molar refractivity (Wildman–Crippen MR) is 73.5 cm³/mol. The van der Waals surface area contributed by atoms with Crippen LogP contribution in [0, 0.1) is 12.7 Å². The van der Waals surface area contributed by atoms with Crippen LogP contribution in [0.25, 0.3) is 11.3 Å². The molecule has 112 valence electrons. The molecule has 0 fully saturated rings. The summed E-state index contributed by atoms with van der Waals surface area (Å²) >= 11 is 0. The lowest BCUT2D eigenvalue weighted by molar-refractivity contribution is -0.137. The molecule has 2 aromatic rings. The minimum atomic E-state index is -4.48. The summed E-state index contributed by atoms with van der Waals surface area (Å²) in [6.07, 6.45) is -4.48. The van der Waals surface area contributed by atoms with Gasteiger partial charge in [-0.1, -0.05) is 6.07 Å². The Bertz CT molecular complexity index is 651. The Morgan fingerprint density at radius 1 is 1.14 bits per heavy atom. The molecule has 0 unspecified atom stereocenters. The molecule has 2 nitrogen and oxygen atoms in total. The highest BCUT2D eigenvalue weighted by atomic mass is 19.4. The molecule has 1 heterocycles. The Balaban J connectivity index is 2.62. The number of pyridine rings is 1. The van der Waals surface area contributed by atoms with Gasteiger partial charge in [0.05, 0.1) is 11.3 Å². The summed E-state index contributed by atoms with van der Waals surface area (Å²) in [6.45, 7) is 3.90. The topological polar surface area (TPSA) is 24.9 Å². The fourth-order valence-electron chi connectivity index (χ4n) is 1.97. The molecule has 0 amide bonds. The normalized spacial score (nSPS) is 11.5. The molecule has 0 bridgehead atoms. The number of aromatic nitrogens is 1. The van der Waals surface area contributed by atoms with Crippen LogP contribution in [0.5, 0.6) is 0 Å². The Hall–Kier alpha value is -2.11. The van der Waals surface area contributed by atoms with E-state index < -0.39 is 17.6 Å². The number of hydrogen-bond acceptors (Lipinski definition) is 2. The van der Waals surface area contributed by atoms with Crippen molar-refractivity contribution in [2.45, 2.75) is 20.0 Å². The standard InChI is InChI=1S/C15H14F4N2/c1-3-20-14-7-10(15(17,18)19)6-13(21-14)12-8-11(16)5-4-9(12)2/h4-8H,3H2,1-2H3,(H,20,21). The maximum Gasteiger partial charge on any atom is 0.416 e. The first-order valence-electron chi connectivity index (χ1n) is 6.41. The van der Waals surface area contributed by atoms with Crippen LogP contribution in [-0.4, -0.2) is 11.5 Å². The number of nitrogens with zero attached hydrogens (tertiary/aromatic N) is 1. The first kappa shape index (κ1) is 15.3. The van der Waals surface area contributed by atoms with E-state index in [-0.39, 0.29) is 11.5 Å². The summed E-state index contributed by atoms with van der Waals surface area (Å²) in [7, 11) is 0. The maximum atomic E-state index is 13.4. The molecule has 0 aliphatic carbocycles. The molecule has 21 heavy (non-hydrogen) atoms. The third-order valence-corrected chi connectivity index (χ3v) is 2.99. The van der Waals surface area contributed by atoms with E-state index in [1.54, 1.807) is 13.8 Å². The van der Waals surface area contributed by atoms with Crippen LogP contribution in [-0.2, 0) is 6.18 Å². The van der Waals surface area contributed by atoms with E-state index in [2.05, 4.69) is 10.3 Å². The Kier molecular flexibility index (Phi) is 4.16. The molecule has 1 aromatic heterocycles. The number of aryl methyl sites for hydroxylation is 1. The fraction of sp³-hybridized carbons (Fsp3) is 0.267. The summed E-state index contributed by atoms with van der Waals surface area (Å²) in [6, 6.07) is 5.84. The number of alkyl halides is 3. The van der Waals surface area contributed by atoms with Crippen LogP contribution in [0.2, 0.25) is 0 Å². The zero-order valence-electron chi connectivity index (χ0n) is 11.6. The van der Waals surface area contributed by atoms with Gasteiger partial charge in [-0.15, -0.1) is 0 Å². The smallest absolute Gasteiger partial charge is 0.370 e. The highest BCUT2D eigenvalue weighted by molar-refractivity contribution is 5.66. The van der Waals surface area contributed by atoms with Gasteiger partial charge < -0.3 is 5.32 Å². The first-order chi connectivity index (χ1) is 9.81. The van der Waals surface area contributed by atoms with Gasteiger partial charge >= 0.3 is 6.18 Å². The van der Waals surface area contributed by atoms with E-state index in [0.29, 0.717) is 17.7 Å². The fourth-order valence-corrected chi connectivity index (χ4v) is 1.97. The molecule has 0 saturated heterocycles. The van der Waals surface area contributed by atoms with E-state index in [4.69, 9.17) is 0 Å². The molecule has 0 saturated carbocycles. The van der Waals surface area contributed by atoms with Gasteiger partial charge in [-0.3, -0.25) is 0 Å². The van der Waals surface area contributed by atoms with Crippen molar-refractivity contribution in [1.82, 2.24) is 4.98 Å². The second-order valence-corrected chi connectivity index (χ2v) is 4.61. The molecule has 0 aliphatic heterocycles. The van der Waals surface area contributed by atoms with Crippen molar-refractivity contribution in [1.29, 1.82) is 0 Å². The van der Waals surface area contributed by atoms with E-state index >= 15 is 0 Å². The molecule has 0 atom stereocenters. The van der Waals surface area contributed by atoms with Gasteiger partial charge in [0.2, 0.25) is 0 Å². The second-order valence-electron chi connectivity index (χ2n) is 4.61. The number of benzene rings is 1. The van der Waals surface area contributed by atoms with Gasteiger partial charge in [-0.05, 0) is 43.7 Å².